The number of nitrogens with zero attached hydrogens (tertiary/aromatic N) is 6. The Morgan fingerprint density at radius 2 is 2.00 bits per heavy atom. The zero-order valence-corrected chi connectivity index (χ0v) is 15.9. The van der Waals surface area contributed by atoms with Gasteiger partial charge in [0.05, 0.1) is 17.8 Å². The van der Waals surface area contributed by atoms with Crippen molar-refractivity contribution < 1.29 is 0 Å². The number of aromatic nitrogens is 5. The average molecular weight is 370 g/mol. The predicted octanol–water partition coefficient (Wildman–Crippen LogP) is 2.99. The lowest BCUT2D eigenvalue weighted by Crippen LogP contribution is -2.57. The normalized spacial score (nSPS) is 17.9. The fourth-order valence-corrected chi connectivity index (χ4v) is 4.80. The number of hydrogen-bond acceptors (Lipinski definition) is 4. The summed E-state index contributed by atoms with van der Waals surface area (Å²) in [6, 6.07) is 12.7. The van der Waals surface area contributed by atoms with Gasteiger partial charge in [0.1, 0.15) is 5.82 Å². The van der Waals surface area contributed by atoms with E-state index in [-0.39, 0.29) is 5.41 Å². The van der Waals surface area contributed by atoms with Crippen molar-refractivity contribution in [1.82, 2.24) is 29.2 Å². The van der Waals surface area contributed by atoms with Gasteiger partial charge in [-0.3, -0.25) is 14.6 Å². The summed E-state index contributed by atoms with van der Waals surface area (Å²) in [5.74, 6) is 1.13. The quantitative estimate of drug-likeness (QED) is 0.556. The van der Waals surface area contributed by atoms with Gasteiger partial charge in [-0.05, 0) is 24.6 Å². The molecule has 28 heavy (non-hydrogen) atoms. The predicted molar refractivity (Wildman–Crippen MR) is 108 cm³/mol. The van der Waals surface area contributed by atoms with Crippen molar-refractivity contribution in [3.8, 4) is 11.3 Å². The first-order chi connectivity index (χ1) is 13.7. The number of fused-ring (bicyclic) bond motifs is 3. The Labute approximate surface area is 163 Å². The molecule has 0 N–H and O–H groups in total. The summed E-state index contributed by atoms with van der Waals surface area (Å²) in [4.78, 5) is 11.6. The van der Waals surface area contributed by atoms with Crippen molar-refractivity contribution in [2.45, 2.75) is 24.9 Å². The van der Waals surface area contributed by atoms with E-state index in [9.17, 15) is 0 Å². The van der Waals surface area contributed by atoms with Crippen LogP contribution in [-0.4, -0.2) is 42.3 Å². The summed E-state index contributed by atoms with van der Waals surface area (Å²) in [7, 11) is 2.06. The van der Waals surface area contributed by atoms with Crippen molar-refractivity contribution in [2.24, 2.45) is 7.05 Å². The van der Waals surface area contributed by atoms with Crippen molar-refractivity contribution in [2.75, 3.05) is 13.1 Å². The number of benzene rings is 1. The lowest BCUT2D eigenvalue weighted by atomic mass is 9.76. The van der Waals surface area contributed by atoms with Gasteiger partial charge in [-0.25, -0.2) is 4.98 Å². The van der Waals surface area contributed by atoms with Crippen LogP contribution in [0.5, 0.6) is 0 Å². The Bertz CT molecular complexity index is 1180. The van der Waals surface area contributed by atoms with Gasteiger partial charge in [0, 0.05) is 67.3 Å². The topological polar surface area (TPSA) is 51.8 Å². The summed E-state index contributed by atoms with van der Waals surface area (Å²) < 4.78 is 4.32. The Kier molecular flexibility index (Phi) is 3.29. The van der Waals surface area contributed by atoms with Gasteiger partial charge in [0.2, 0.25) is 0 Å². The van der Waals surface area contributed by atoms with E-state index in [2.05, 4.69) is 55.4 Å². The number of imidazole rings is 1. The van der Waals surface area contributed by atoms with E-state index in [4.69, 9.17) is 5.10 Å². The van der Waals surface area contributed by atoms with E-state index in [1.807, 2.05) is 30.7 Å². The van der Waals surface area contributed by atoms with Gasteiger partial charge in [-0.15, -0.1) is 0 Å². The molecule has 6 heteroatoms. The lowest BCUT2D eigenvalue weighted by Gasteiger charge is -2.47. The van der Waals surface area contributed by atoms with Crippen molar-refractivity contribution in [3.63, 3.8) is 0 Å². The first kappa shape index (κ1) is 16.0. The van der Waals surface area contributed by atoms with Crippen LogP contribution in [0, 0.1) is 0 Å². The van der Waals surface area contributed by atoms with Gasteiger partial charge in [0.15, 0.2) is 0 Å². The first-order valence-electron chi connectivity index (χ1n) is 9.82. The molecule has 5 heterocycles. The van der Waals surface area contributed by atoms with E-state index in [0.29, 0.717) is 0 Å². The molecule has 3 aromatic heterocycles. The van der Waals surface area contributed by atoms with E-state index in [0.717, 1.165) is 54.2 Å². The van der Waals surface area contributed by atoms with Crippen LogP contribution in [0.2, 0.25) is 0 Å². The first-order valence-corrected chi connectivity index (χ1v) is 9.82. The molecule has 0 aliphatic carbocycles. The van der Waals surface area contributed by atoms with Gasteiger partial charge in [0.25, 0.3) is 0 Å². The maximum atomic E-state index is 4.90. The van der Waals surface area contributed by atoms with Crippen LogP contribution in [0.1, 0.15) is 17.9 Å². The molecule has 2 aliphatic heterocycles. The summed E-state index contributed by atoms with van der Waals surface area (Å²) in [5, 5.41) is 6.06. The van der Waals surface area contributed by atoms with Crippen LogP contribution in [-0.2, 0) is 25.6 Å². The standard InChI is InChI=1S/C22H22N6/c1-26-9-7-23-21(26)13-27-14-22(15-27)6-8-28-20(22)11-19(25-28)17-10-16-4-2-3-5-18(16)24-12-17/h2-5,7,9-12H,6,8,13-15H2,1H3. The second-order valence-electron chi connectivity index (χ2n) is 8.18. The van der Waals surface area contributed by atoms with Gasteiger partial charge in [-0.2, -0.15) is 5.10 Å². The number of aryl methyl sites for hydroxylation is 2. The molecular formula is C22H22N6. The lowest BCUT2D eigenvalue weighted by molar-refractivity contribution is 0.0550. The van der Waals surface area contributed by atoms with Crippen LogP contribution in [0.3, 0.4) is 0 Å². The zero-order valence-electron chi connectivity index (χ0n) is 15.9. The fraction of sp³-hybridized carbons (Fsp3) is 0.318. The average Bonchev–Trinajstić information content (AvgIpc) is 3.37. The minimum Gasteiger partial charge on any atom is -0.337 e. The maximum Gasteiger partial charge on any atom is 0.122 e. The third-order valence-corrected chi connectivity index (χ3v) is 6.35. The molecule has 1 fully saturated rings. The van der Waals surface area contributed by atoms with Gasteiger partial charge >= 0.3 is 0 Å². The van der Waals surface area contributed by atoms with Crippen LogP contribution in [0.15, 0.2) is 55.0 Å². The number of rotatable bonds is 3. The molecular weight excluding hydrogens is 348 g/mol. The second-order valence-corrected chi connectivity index (χ2v) is 8.18. The molecule has 140 valence electrons. The SMILES string of the molecule is Cn1ccnc1CN1CC2(CCn3nc(-c4cnc5ccccc5c4)cc32)C1. The van der Waals surface area contributed by atoms with Crippen molar-refractivity contribution in [3.05, 3.63) is 66.5 Å². The largest absolute Gasteiger partial charge is 0.337 e. The Morgan fingerprint density at radius 3 is 2.86 bits per heavy atom. The minimum absolute atomic E-state index is 0.251. The Hall–Kier alpha value is -2.99. The van der Waals surface area contributed by atoms with Crippen LogP contribution in [0.4, 0.5) is 0 Å². The van der Waals surface area contributed by atoms with Gasteiger partial charge in [-0.1, -0.05) is 18.2 Å². The minimum atomic E-state index is 0.251. The molecule has 0 amide bonds. The Morgan fingerprint density at radius 1 is 1.11 bits per heavy atom. The van der Waals surface area contributed by atoms with Crippen molar-refractivity contribution >= 4 is 10.9 Å². The van der Waals surface area contributed by atoms with E-state index in [1.54, 1.807) is 0 Å². The molecule has 1 saturated heterocycles. The number of hydrogen-bond donors (Lipinski definition) is 0. The van der Waals surface area contributed by atoms with E-state index < -0.39 is 0 Å². The summed E-state index contributed by atoms with van der Waals surface area (Å²) >= 11 is 0. The molecule has 0 radical (unpaired) electrons. The zero-order chi connectivity index (χ0) is 18.7. The smallest absolute Gasteiger partial charge is 0.122 e. The van der Waals surface area contributed by atoms with Crippen LogP contribution >= 0.6 is 0 Å². The maximum absolute atomic E-state index is 4.90. The highest BCUT2D eigenvalue weighted by Gasteiger charge is 2.49. The molecule has 6 rings (SSSR count). The number of para-hydroxylation sites is 1. The van der Waals surface area contributed by atoms with Crippen LogP contribution in [0.25, 0.3) is 22.2 Å². The summed E-state index contributed by atoms with van der Waals surface area (Å²) in [5.41, 5.74) is 4.79. The number of pyridine rings is 1. The highest BCUT2D eigenvalue weighted by Crippen LogP contribution is 2.44. The third-order valence-electron chi connectivity index (χ3n) is 6.35. The fourth-order valence-electron chi connectivity index (χ4n) is 4.80. The third kappa shape index (κ3) is 2.34. The molecule has 0 saturated carbocycles. The monoisotopic (exact) mass is 370 g/mol. The molecule has 0 unspecified atom stereocenters. The molecule has 6 nitrogen and oxygen atoms in total. The molecule has 2 aliphatic rings. The summed E-state index contributed by atoms with van der Waals surface area (Å²) in [6.45, 7) is 4.09. The highest BCUT2D eigenvalue weighted by molar-refractivity contribution is 5.82. The summed E-state index contributed by atoms with van der Waals surface area (Å²) in [6.07, 6.45) is 7.02. The van der Waals surface area contributed by atoms with Crippen LogP contribution < -0.4 is 0 Å². The van der Waals surface area contributed by atoms with Gasteiger partial charge < -0.3 is 4.57 Å². The Balaban J connectivity index is 1.26. The van der Waals surface area contributed by atoms with Crippen molar-refractivity contribution in [1.29, 1.82) is 0 Å². The molecule has 1 spiro atoms. The molecule has 0 bridgehead atoms. The number of likely N-dealkylation sites (tertiary alicyclic amines) is 1. The van der Waals surface area contributed by atoms with E-state index >= 15 is 0 Å². The van der Waals surface area contributed by atoms with E-state index in [1.165, 1.54) is 12.1 Å². The molecule has 0 atom stereocenters. The highest BCUT2D eigenvalue weighted by atomic mass is 15.3. The molecule has 4 aromatic rings. The molecule has 1 aromatic carbocycles. The second kappa shape index (κ2) is 5.75.